The van der Waals surface area contributed by atoms with Crippen molar-refractivity contribution in [2.45, 2.75) is 19.8 Å². The first-order valence-corrected chi connectivity index (χ1v) is 6.58. The number of halogens is 1. The molecule has 0 bridgehead atoms. The molecule has 0 fully saturated rings. The van der Waals surface area contributed by atoms with E-state index in [1.165, 1.54) is 0 Å². The molecule has 0 aromatic heterocycles. The van der Waals surface area contributed by atoms with E-state index >= 15 is 0 Å². The topological polar surface area (TPSA) is 20.2 Å². The van der Waals surface area contributed by atoms with Crippen LogP contribution in [0.3, 0.4) is 0 Å². The van der Waals surface area contributed by atoms with E-state index in [9.17, 15) is 5.11 Å². The highest BCUT2D eigenvalue weighted by atomic mass is 79.9. The lowest BCUT2D eigenvalue weighted by Gasteiger charge is -2.10. The first-order valence-electron chi connectivity index (χ1n) is 5.79. The minimum atomic E-state index is 0.404. The number of phenols is 1. The van der Waals surface area contributed by atoms with E-state index in [2.05, 4.69) is 22.9 Å². The molecule has 1 N–H and O–H groups in total. The van der Waals surface area contributed by atoms with Crippen molar-refractivity contribution >= 4 is 15.9 Å². The van der Waals surface area contributed by atoms with Crippen LogP contribution in [0, 0.1) is 0 Å². The number of hydrogen-bond donors (Lipinski definition) is 1. The standard InChI is InChI=1S/C15H15BrO/c1-2-6-12-9-13(16)10-14(15(12)17)11-7-4-3-5-8-11/h3-5,7-10,17H,2,6H2,1H3. The van der Waals surface area contributed by atoms with Crippen molar-refractivity contribution < 1.29 is 5.11 Å². The monoisotopic (exact) mass is 290 g/mol. The molecule has 0 aliphatic carbocycles. The van der Waals surface area contributed by atoms with Gasteiger partial charge >= 0.3 is 0 Å². The third-order valence-corrected chi connectivity index (χ3v) is 3.22. The van der Waals surface area contributed by atoms with Gasteiger partial charge in [-0.2, -0.15) is 0 Å². The molecule has 0 amide bonds. The number of aryl methyl sites for hydroxylation is 1. The summed E-state index contributed by atoms with van der Waals surface area (Å²) >= 11 is 3.50. The Kier molecular flexibility index (Phi) is 3.85. The van der Waals surface area contributed by atoms with Crippen LogP contribution in [0.15, 0.2) is 46.9 Å². The van der Waals surface area contributed by atoms with E-state index in [0.717, 1.165) is 34.0 Å². The normalized spacial score (nSPS) is 10.5. The highest BCUT2D eigenvalue weighted by molar-refractivity contribution is 9.10. The van der Waals surface area contributed by atoms with Gasteiger partial charge in [-0.1, -0.05) is 59.6 Å². The predicted molar refractivity (Wildman–Crippen MR) is 75.2 cm³/mol. The Bertz CT molecular complexity index is 506. The van der Waals surface area contributed by atoms with Crippen molar-refractivity contribution in [3.05, 3.63) is 52.5 Å². The molecule has 2 aromatic carbocycles. The van der Waals surface area contributed by atoms with Crippen LogP contribution in [0.25, 0.3) is 11.1 Å². The minimum Gasteiger partial charge on any atom is -0.507 e. The maximum atomic E-state index is 10.3. The summed E-state index contributed by atoms with van der Waals surface area (Å²) in [6.45, 7) is 2.11. The van der Waals surface area contributed by atoms with E-state index in [1.54, 1.807) is 0 Å². The molecule has 1 nitrogen and oxygen atoms in total. The molecule has 0 spiro atoms. The second kappa shape index (κ2) is 5.37. The molecule has 0 aliphatic rings. The molecule has 2 rings (SSSR count). The van der Waals surface area contributed by atoms with Crippen LogP contribution in [-0.2, 0) is 6.42 Å². The van der Waals surface area contributed by atoms with Crippen molar-refractivity contribution in [2.75, 3.05) is 0 Å². The smallest absolute Gasteiger partial charge is 0.126 e. The van der Waals surface area contributed by atoms with Crippen molar-refractivity contribution in [3.8, 4) is 16.9 Å². The van der Waals surface area contributed by atoms with Gasteiger partial charge in [-0.05, 0) is 29.7 Å². The maximum absolute atomic E-state index is 10.3. The fourth-order valence-electron chi connectivity index (χ4n) is 1.95. The third kappa shape index (κ3) is 2.70. The number of benzene rings is 2. The van der Waals surface area contributed by atoms with Gasteiger partial charge in [-0.3, -0.25) is 0 Å². The average molecular weight is 291 g/mol. The average Bonchev–Trinajstić information content (AvgIpc) is 2.35. The molecular weight excluding hydrogens is 276 g/mol. The maximum Gasteiger partial charge on any atom is 0.126 e. The third-order valence-electron chi connectivity index (χ3n) is 2.76. The van der Waals surface area contributed by atoms with Gasteiger partial charge in [0.15, 0.2) is 0 Å². The van der Waals surface area contributed by atoms with Gasteiger partial charge in [0, 0.05) is 10.0 Å². The fourth-order valence-corrected chi connectivity index (χ4v) is 2.46. The van der Waals surface area contributed by atoms with E-state index in [0.29, 0.717) is 5.75 Å². The van der Waals surface area contributed by atoms with Crippen molar-refractivity contribution in [1.29, 1.82) is 0 Å². The Hall–Kier alpha value is -1.28. The zero-order valence-electron chi connectivity index (χ0n) is 9.78. The molecule has 88 valence electrons. The first-order chi connectivity index (χ1) is 8.22. The summed E-state index contributed by atoms with van der Waals surface area (Å²) in [7, 11) is 0. The Morgan fingerprint density at radius 1 is 1.12 bits per heavy atom. The number of phenolic OH excluding ortho intramolecular Hbond substituents is 1. The molecule has 0 aliphatic heterocycles. The van der Waals surface area contributed by atoms with Gasteiger partial charge in [0.25, 0.3) is 0 Å². The number of rotatable bonds is 3. The Morgan fingerprint density at radius 2 is 1.82 bits per heavy atom. The lowest BCUT2D eigenvalue weighted by Crippen LogP contribution is -1.88. The SMILES string of the molecule is CCCc1cc(Br)cc(-c2ccccc2)c1O. The quantitative estimate of drug-likeness (QED) is 0.863. The summed E-state index contributed by atoms with van der Waals surface area (Å²) in [5, 5.41) is 10.3. The van der Waals surface area contributed by atoms with E-state index in [4.69, 9.17) is 0 Å². The molecule has 0 saturated carbocycles. The van der Waals surface area contributed by atoms with Gasteiger partial charge < -0.3 is 5.11 Å². The van der Waals surface area contributed by atoms with Crippen molar-refractivity contribution in [2.24, 2.45) is 0 Å². The summed E-state index contributed by atoms with van der Waals surface area (Å²) in [6, 6.07) is 13.9. The van der Waals surface area contributed by atoms with Gasteiger partial charge in [0.1, 0.15) is 5.75 Å². The van der Waals surface area contributed by atoms with E-state index in [-0.39, 0.29) is 0 Å². The Labute approximate surface area is 110 Å². The van der Waals surface area contributed by atoms with Gasteiger partial charge in [0.2, 0.25) is 0 Å². The summed E-state index contributed by atoms with van der Waals surface area (Å²) in [5.41, 5.74) is 2.94. The summed E-state index contributed by atoms with van der Waals surface area (Å²) in [4.78, 5) is 0. The van der Waals surface area contributed by atoms with Crippen molar-refractivity contribution in [1.82, 2.24) is 0 Å². The zero-order chi connectivity index (χ0) is 12.3. The molecule has 0 heterocycles. The second-order valence-corrected chi connectivity index (χ2v) is 4.99. The molecule has 0 unspecified atom stereocenters. The fraction of sp³-hybridized carbons (Fsp3) is 0.200. The molecular formula is C15H15BrO. The summed E-state index contributed by atoms with van der Waals surface area (Å²) in [5.74, 6) is 0.404. The Balaban J connectivity index is 2.54. The van der Waals surface area contributed by atoms with Crippen LogP contribution < -0.4 is 0 Å². The van der Waals surface area contributed by atoms with Crippen LogP contribution in [0.2, 0.25) is 0 Å². The zero-order valence-corrected chi connectivity index (χ0v) is 11.4. The molecule has 0 radical (unpaired) electrons. The van der Waals surface area contributed by atoms with Crippen LogP contribution in [0.5, 0.6) is 5.75 Å². The lowest BCUT2D eigenvalue weighted by molar-refractivity contribution is 0.469. The van der Waals surface area contributed by atoms with Crippen LogP contribution in [0.4, 0.5) is 0 Å². The van der Waals surface area contributed by atoms with Crippen LogP contribution in [0.1, 0.15) is 18.9 Å². The first kappa shape index (κ1) is 12.2. The van der Waals surface area contributed by atoms with E-state index in [1.807, 2.05) is 42.5 Å². The lowest BCUT2D eigenvalue weighted by atomic mass is 9.99. The minimum absolute atomic E-state index is 0.404. The molecule has 2 aromatic rings. The van der Waals surface area contributed by atoms with Crippen LogP contribution in [-0.4, -0.2) is 5.11 Å². The molecule has 17 heavy (non-hydrogen) atoms. The Morgan fingerprint density at radius 3 is 2.47 bits per heavy atom. The largest absolute Gasteiger partial charge is 0.507 e. The second-order valence-electron chi connectivity index (χ2n) is 4.08. The summed E-state index contributed by atoms with van der Waals surface area (Å²) < 4.78 is 1.01. The van der Waals surface area contributed by atoms with Gasteiger partial charge in [0.05, 0.1) is 0 Å². The van der Waals surface area contributed by atoms with E-state index < -0.39 is 0 Å². The van der Waals surface area contributed by atoms with Crippen molar-refractivity contribution in [3.63, 3.8) is 0 Å². The number of hydrogen-bond acceptors (Lipinski definition) is 1. The molecule has 2 heteroatoms. The van der Waals surface area contributed by atoms with Gasteiger partial charge in [-0.15, -0.1) is 0 Å². The predicted octanol–water partition coefficient (Wildman–Crippen LogP) is 4.77. The van der Waals surface area contributed by atoms with Crippen LogP contribution >= 0.6 is 15.9 Å². The van der Waals surface area contributed by atoms with Gasteiger partial charge in [-0.25, -0.2) is 0 Å². The molecule has 0 atom stereocenters. The molecule has 0 saturated heterocycles. The number of aromatic hydroxyl groups is 1. The highest BCUT2D eigenvalue weighted by Crippen LogP contribution is 2.35. The summed E-state index contributed by atoms with van der Waals surface area (Å²) in [6.07, 6.45) is 1.92. The highest BCUT2D eigenvalue weighted by Gasteiger charge is 2.10.